The third-order valence-electron chi connectivity index (χ3n) is 5.89. The summed E-state index contributed by atoms with van der Waals surface area (Å²) in [7, 11) is -0.521. The number of carbonyl (C=O) groups is 1. The van der Waals surface area contributed by atoms with Gasteiger partial charge in [-0.2, -0.15) is 4.31 Å². The first-order chi connectivity index (χ1) is 15.3. The highest BCUT2D eigenvalue weighted by Crippen LogP contribution is 2.30. The van der Waals surface area contributed by atoms with Gasteiger partial charge in [0.25, 0.3) is 5.91 Å². The second-order valence-corrected chi connectivity index (χ2v) is 10.0. The molecule has 0 saturated carbocycles. The van der Waals surface area contributed by atoms with Gasteiger partial charge in [-0.25, -0.2) is 8.42 Å². The molecule has 2 aromatic rings. The van der Waals surface area contributed by atoms with Crippen LogP contribution in [0.2, 0.25) is 0 Å². The average molecular weight is 461 g/mol. The maximum Gasteiger partial charge on any atom is 0.251 e. The number of amides is 1. The lowest BCUT2D eigenvalue weighted by molar-refractivity contribution is 0.0939. The SMILES string of the molecule is COc1ccc([C@H](C)NC(=O)c2ccc(C)c(S(=O)(=O)N3CCCCCC3)c2)cc1OC. The van der Waals surface area contributed by atoms with E-state index in [2.05, 4.69) is 5.32 Å². The lowest BCUT2D eigenvalue weighted by Crippen LogP contribution is -2.33. The van der Waals surface area contributed by atoms with Crippen LogP contribution < -0.4 is 14.8 Å². The van der Waals surface area contributed by atoms with Gasteiger partial charge in [0.1, 0.15) is 0 Å². The number of carbonyl (C=O) groups excluding carboxylic acids is 1. The molecule has 0 aliphatic carbocycles. The number of ether oxygens (including phenoxy) is 2. The van der Waals surface area contributed by atoms with Gasteiger partial charge >= 0.3 is 0 Å². The van der Waals surface area contributed by atoms with Gasteiger partial charge in [0.15, 0.2) is 11.5 Å². The van der Waals surface area contributed by atoms with Crippen LogP contribution in [0.5, 0.6) is 11.5 Å². The molecule has 0 aromatic heterocycles. The number of hydrogen-bond donors (Lipinski definition) is 1. The predicted molar refractivity (Wildman–Crippen MR) is 124 cm³/mol. The van der Waals surface area contributed by atoms with Crippen molar-refractivity contribution in [3.63, 3.8) is 0 Å². The van der Waals surface area contributed by atoms with E-state index in [0.29, 0.717) is 35.7 Å². The normalized spacial score (nSPS) is 16.1. The molecule has 1 aliphatic rings. The lowest BCUT2D eigenvalue weighted by Gasteiger charge is -2.22. The highest BCUT2D eigenvalue weighted by molar-refractivity contribution is 7.89. The van der Waals surface area contributed by atoms with E-state index in [-0.39, 0.29) is 16.8 Å². The molecule has 3 rings (SSSR count). The van der Waals surface area contributed by atoms with Crippen LogP contribution in [0.1, 0.15) is 60.1 Å². The van der Waals surface area contributed by atoms with Crippen LogP contribution in [-0.4, -0.2) is 45.9 Å². The summed E-state index contributed by atoms with van der Waals surface area (Å²) in [6.07, 6.45) is 3.81. The maximum absolute atomic E-state index is 13.3. The maximum atomic E-state index is 13.3. The van der Waals surface area contributed by atoms with Crippen molar-refractivity contribution in [2.75, 3.05) is 27.3 Å². The molecule has 1 fully saturated rings. The Morgan fingerprint density at radius 2 is 1.62 bits per heavy atom. The van der Waals surface area contributed by atoms with E-state index in [9.17, 15) is 13.2 Å². The van der Waals surface area contributed by atoms with Gasteiger partial charge in [0.05, 0.1) is 25.2 Å². The molecule has 174 valence electrons. The molecular formula is C24H32N2O5S. The third-order valence-corrected chi connectivity index (χ3v) is 7.93. The van der Waals surface area contributed by atoms with Gasteiger partial charge < -0.3 is 14.8 Å². The number of nitrogens with zero attached hydrogens (tertiary/aromatic N) is 1. The Morgan fingerprint density at radius 3 is 2.25 bits per heavy atom. The Bertz CT molecular complexity index is 1060. The van der Waals surface area contributed by atoms with Crippen molar-refractivity contribution in [1.29, 1.82) is 0 Å². The van der Waals surface area contributed by atoms with Crippen LogP contribution >= 0.6 is 0 Å². The second kappa shape index (κ2) is 10.4. The zero-order valence-electron chi connectivity index (χ0n) is 19.2. The van der Waals surface area contributed by atoms with Gasteiger partial charge in [-0.1, -0.05) is 25.0 Å². The summed E-state index contributed by atoms with van der Waals surface area (Å²) >= 11 is 0. The average Bonchev–Trinajstić information content (AvgIpc) is 3.09. The summed E-state index contributed by atoms with van der Waals surface area (Å²) in [6, 6.07) is 9.99. The van der Waals surface area contributed by atoms with E-state index < -0.39 is 10.0 Å². The van der Waals surface area contributed by atoms with Gasteiger partial charge in [-0.15, -0.1) is 0 Å². The van der Waals surface area contributed by atoms with Crippen molar-refractivity contribution in [3.05, 3.63) is 53.1 Å². The number of nitrogens with one attached hydrogen (secondary N) is 1. The van der Waals surface area contributed by atoms with Crippen LogP contribution in [0, 0.1) is 6.92 Å². The fourth-order valence-electron chi connectivity index (χ4n) is 3.93. The number of hydrogen-bond acceptors (Lipinski definition) is 5. The Balaban J connectivity index is 1.82. The van der Waals surface area contributed by atoms with Gasteiger partial charge in [-0.05, 0) is 62.1 Å². The fraction of sp³-hybridized carbons (Fsp3) is 0.458. The van der Waals surface area contributed by atoms with Crippen molar-refractivity contribution >= 4 is 15.9 Å². The first kappa shape index (κ1) is 24.1. The molecule has 32 heavy (non-hydrogen) atoms. The van der Waals surface area contributed by atoms with Crippen LogP contribution in [0.25, 0.3) is 0 Å². The monoisotopic (exact) mass is 460 g/mol. The van der Waals surface area contributed by atoms with E-state index in [1.54, 1.807) is 43.6 Å². The van der Waals surface area contributed by atoms with Crippen LogP contribution in [0.3, 0.4) is 0 Å². The highest BCUT2D eigenvalue weighted by Gasteiger charge is 2.27. The number of rotatable bonds is 7. The minimum atomic E-state index is -3.65. The van der Waals surface area contributed by atoms with Gasteiger partial charge in [-0.3, -0.25) is 4.79 Å². The summed E-state index contributed by atoms with van der Waals surface area (Å²) < 4.78 is 38.7. The van der Waals surface area contributed by atoms with E-state index >= 15 is 0 Å². The molecule has 2 aromatic carbocycles. The summed E-state index contributed by atoms with van der Waals surface area (Å²) in [6.45, 7) is 4.67. The van der Waals surface area contributed by atoms with E-state index in [1.807, 2.05) is 19.1 Å². The Morgan fingerprint density at radius 1 is 0.969 bits per heavy atom. The van der Waals surface area contributed by atoms with Crippen LogP contribution in [0.15, 0.2) is 41.3 Å². The standard InChI is InChI=1S/C24H32N2O5S/c1-17-9-10-20(16-23(17)32(28,29)26-13-7-5-6-8-14-26)24(27)25-18(2)19-11-12-21(30-3)22(15-19)31-4/h9-12,15-16,18H,5-8,13-14H2,1-4H3,(H,25,27)/t18-/m0/s1. The van der Waals surface area contributed by atoms with Crippen LogP contribution in [0.4, 0.5) is 0 Å². The van der Waals surface area contributed by atoms with E-state index in [0.717, 1.165) is 31.2 Å². The molecule has 1 amide bonds. The molecule has 0 unspecified atom stereocenters. The summed E-state index contributed by atoms with van der Waals surface area (Å²) in [4.78, 5) is 13.2. The molecular weight excluding hydrogens is 428 g/mol. The van der Waals surface area contributed by atoms with Crippen molar-refractivity contribution in [1.82, 2.24) is 9.62 Å². The molecule has 1 N–H and O–H groups in total. The topological polar surface area (TPSA) is 84.9 Å². The minimum Gasteiger partial charge on any atom is -0.493 e. The first-order valence-corrected chi connectivity index (χ1v) is 12.4. The Labute approximate surface area is 190 Å². The molecule has 8 heteroatoms. The predicted octanol–water partition coefficient (Wildman–Crippen LogP) is 4.07. The highest BCUT2D eigenvalue weighted by atomic mass is 32.2. The quantitative estimate of drug-likeness (QED) is 0.673. The first-order valence-electron chi connectivity index (χ1n) is 10.9. The minimum absolute atomic E-state index is 0.200. The van der Waals surface area contributed by atoms with Gasteiger partial charge in [0.2, 0.25) is 10.0 Å². The van der Waals surface area contributed by atoms with Crippen LogP contribution in [-0.2, 0) is 10.0 Å². The number of methoxy groups -OCH3 is 2. The molecule has 1 aliphatic heterocycles. The molecule has 1 atom stereocenters. The number of sulfonamides is 1. The van der Waals surface area contributed by atoms with E-state index in [4.69, 9.17) is 9.47 Å². The van der Waals surface area contributed by atoms with E-state index in [1.165, 1.54) is 6.07 Å². The lowest BCUT2D eigenvalue weighted by atomic mass is 10.1. The summed E-state index contributed by atoms with van der Waals surface area (Å²) in [5.41, 5.74) is 1.80. The molecule has 7 nitrogen and oxygen atoms in total. The molecule has 1 saturated heterocycles. The molecule has 0 radical (unpaired) electrons. The molecule has 0 spiro atoms. The van der Waals surface area contributed by atoms with Gasteiger partial charge in [0, 0.05) is 18.7 Å². The third kappa shape index (κ3) is 5.24. The fourth-order valence-corrected chi connectivity index (χ4v) is 5.69. The second-order valence-electron chi connectivity index (χ2n) is 8.11. The number of benzene rings is 2. The Kier molecular flexibility index (Phi) is 7.79. The summed E-state index contributed by atoms with van der Waals surface area (Å²) in [5, 5.41) is 2.95. The smallest absolute Gasteiger partial charge is 0.251 e. The largest absolute Gasteiger partial charge is 0.493 e. The Hall–Kier alpha value is -2.58. The zero-order valence-corrected chi connectivity index (χ0v) is 20.0. The zero-order chi connectivity index (χ0) is 23.3. The van der Waals surface area contributed by atoms with Crippen molar-refractivity contribution in [2.45, 2.75) is 50.5 Å². The van der Waals surface area contributed by atoms with Crippen molar-refractivity contribution in [3.8, 4) is 11.5 Å². The van der Waals surface area contributed by atoms with Crippen molar-refractivity contribution in [2.24, 2.45) is 0 Å². The summed E-state index contributed by atoms with van der Waals surface area (Å²) in [5.74, 6) is 0.850. The number of aryl methyl sites for hydroxylation is 1. The van der Waals surface area contributed by atoms with Crippen molar-refractivity contribution < 1.29 is 22.7 Å². The molecule has 0 bridgehead atoms. The molecule has 1 heterocycles.